The number of H-pyrrole nitrogens is 1. The fourth-order valence-corrected chi connectivity index (χ4v) is 4.65. The highest BCUT2D eigenvalue weighted by Crippen LogP contribution is 2.38. The number of carbonyl (C=O) groups is 1. The molecule has 1 aliphatic carbocycles. The molecule has 0 spiro atoms. The normalized spacial score (nSPS) is 22.4. The highest BCUT2D eigenvalue weighted by atomic mass is 32.1. The Morgan fingerprint density at radius 2 is 1.91 bits per heavy atom. The van der Waals surface area contributed by atoms with E-state index in [0.717, 1.165) is 24.0 Å². The summed E-state index contributed by atoms with van der Waals surface area (Å²) >= 11 is 1.60. The lowest BCUT2D eigenvalue weighted by atomic mass is 9.89. The zero-order valence-electron chi connectivity index (χ0n) is 13.0. The van der Waals surface area contributed by atoms with Gasteiger partial charge in [0.2, 0.25) is 5.91 Å². The summed E-state index contributed by atoms with van der Waals surface area (Å²) in [6, 6.07) is 2.30. The van der Waals surface area contributed by atoms with Crippen LogP contribution < -0.4 is 10.9 Å². The van der Waals surface area contributed by atoms with Crippen molar-refractivity contribution in [2.75, 3.05) is 5.32 Å². The van der Waals surface area contributed by atoms with Gasteiger partial charge >= 0.3 is 0 Å². The number of nitrogens with one attached hydrogen (secondary N) is 2. The summed E-state index contributed by atoms with van der Waals surface area (Å²) in [4.78, 5) is 24.8. The van der Waals surface area contributed by atoms with Gasteiger partial charge in [0.1, 0.15) is 5.82 Å². The topological polar surface area (TPSA) is 66.9 Å². The monoisotopic (exact) mass is 331 g/mol. The highest BCUT2D eigenvalue weighted by Gasteiger charge is 2.34. The number of fused-ring (bicyclic) bond motifs is 1. The molecular formula is C17H21N3O2S. The van der Waals surface area contributed by atoms with Crippen LogP contribution in [0.2, 0.25) is 0 Å². The Hall–Kier alpha value is -1.82. The average Bonchev–Trinajstić information content (AvgIpc) is 3.08. The molecule has 0 saturated heterocycles. The summed E-state index contributed by atoms with van der Waals surface area (Å²) in [7, 11) is 0. The van der Waals surface area contributed by atoms with E-state index < -0.39 is 0 Å². The first-order valence-corrected chi connectivity index (χ1v) is 9.34. The van der Waals surface area contributed by atoms with Gasteiger partial charge in [0, 0.05) is 12.3 Å². The second-order valence-corrected chi connectivity index (χ2v) is 7.36. The highest BCUT2D eigenvalue weighted by molar-refractivity contribution is 7.08. The van der Waals surface area contributed by atoms with E-state index in [1.807, 2.05) is 21.5 Å². The summed E-state index contributed by atoms with van der Waals surface area (Å²) in [5.74, 6) is 0.574. The quantitative estimate of drug-likeness (QED) is 0.826. The van der Waals surface area contributed by atoms with Crippen molar-refractivity contribution < 1.29 is 4.79 Å². The van der Waals surface area contributed by atoms with Gasteiger partial charge in [-0.05, 0) is 35.2 Å². The number of thiophene rings is 1. The van der Waals surface area contributed by atoms with Crippen LogP contribution in [-0.2, 0) is 4.79 Å². The van der Waals surface area contributed by atoms with Crippen LogP contribution in [0.4, 0.5) is 5.82 Å². The summed E-state index contributed by atoms with van der Waals surface area (Å²) in [6.45, 7) is 0. The lowest BCUT2D eigenvalue weighted by Gasteiger charge is -2.25. The van der Waals surface area contributed by atoms with Crippen LogP contribution in [0.15, 0.2) is 21.6 Å². The third-order valence-corrected chi connectivity index (χ3v) is 5.80. The number of aromatic nitrogens is 2. The molecule has 1 fully saturated rings. The van der Waals surface area contributed by atoms with Gasteiger partial charge in [-0.25, -0.2) is 0 Å². The smallest absolute Gasteiger partial charge is 0.270 e. The minimum Gasteiger partial charge on any atom is -0.311 e. The summed E-state index contributed by atoms with van der Waals surface area (Å²) in [6.07, 6.45) is 7.36. The molecule has 23 heavy (non-hydrogen) atoms. The van der Waals surface area contributed by atoms with Crippen LogP contribution in [0.25, 0.3) is 0 Å². The van der Waals surface area contributed by atoms with Crippen molar-refractivity contribution in [3.63, 3.8) is 0 Å². The van der Waals surface area contributed by atoms with E-state index in [9.17, 15) is 9.59 Å². The lowest BCUT2D eigenvalue weighted by molar-refractivity contribution is -0.116. The molecule has 2 N–H and O–H groups in total. The van der Waals surface area contributed by atoms with E-state index in [0.29, 0.717) is 12.2 Å². The minimum absolute atomic E-state index is 0.00456. The van der Waals surface area contributed by atoms with Crippen molar-refractivity contribution in [2.45, 2.75) is 56.9 Å². The van der Waals surface area contributed by atoms with Crippen molar-refractivity contribution in [2.24, 2.45) is 0 Å². The number of rotatable bonds is 2. The molecule has 2 aromatic heterocycles. The van der Waals surface area contributed by atoms with Crippen molar-refractivity contribution in [1.82, 2.24) is 9.78 Å². The Kier molecular flexibility index (Phi) is 3.85. The van der Waals surface area contributed by atoms with Crippen molar-refractivity contribution in [3.8, 4) is 0 Å². The van der Waals surface area contributed by atoms with Gasteiger partial charge in [0.05, 0.1) is 11.6 Å². The second kappa shape index (κ2) is 6.00. The zero-order valence-corrected chi connectivity index (χ0v) is 13.8. The number of hydrogen-bond donors (Lipinski definition) is 2. The van der Waals surface area contributed by atoms with E-state index >= 15 is 0 Å². The Bertz CT molecular complexity index is 751. The minimum atomic E-state index is -0.124. The van der Waals surface area contributed by atoms with Crippen molar-refractivity contribution in [1.29, 1.82) is 0 Å². The first kappa shape index (κ1) is 14.8. The lowest BCUT2D eigenvalue weighted by Crippen LogP contribution is -2.27. The molecule has 4 rings (SSSR count). The summed E-state index contributed by atoms with van der Waals surface area (Å²) < 4.78 is 1.94. The zero-order chi connectivity index (χ0) is 15.8. The van der Waals surface area contributed by atoms with Gasteiger partial charge in [-0.15, -0.1) is 0 Å². The SMILES string of the molecule is O=C1C[C@H](c2ccsc2)c2c(n(C3CCCCCC3)[nH]c2=O)N1. The largest absolute Gasteiger partial charge is 0.311 e. The fraction of sp³-hybridized carbons (Fsp3) is 0.529. The van der Waals surface area contributed by atoms with E-state index in [1.165, 1.54) is 25.7 Å². The van der Waals surface area contributed by atoms with E-state index in [1.54, 1.807) is 11.3 Å². The molecule has 3 heterocycles. The Balaban J connectivity index is 1.78. The maximum Gasteiger partial charge on any atom is 0.270 e. The van der Waals surface area contributed by atoms with E-state index in [-0.39, 0.29) is 23.4 Å². The molecular weight excluding hydrogens is 310 g/mol. The van der Waals surface area contributed by atoms with Gasteiger partial charge in [-0.3, -0.25) is 19.4 Å². The Morgan fingerprint density at radius 1 is 1.13 bits per heavy atom. The maximum atomic E-state index is 12.6. The molecule has 2 aromatic rings. The van der Waals surface area contributed by atoms with Crippen LogP contribution in [0.3, 0.4) is 0 Å². The number of aromatic amines is 1. The predicted octanol–water partition coefficient (Wildman–Crippen LogP) is 3.61. The van der Waals surface area contributed by atoms with Crippen LogP contribution >= 0.6 is 11.3 Å². The van der Waals surface area contributed by atoms with Crippen molar-refractivity contribution in [3.05, 3.63) is 38.3 Å². The third-order valence-electron chi connectivity index (χ3n) is 5.09. The van der Waals surface area contributed by atoms with Gasteiger partial charge < -0.3 is 5.32 Å². The van der Waals surface area contributed by atoms with E-state index in [4.69, 9.17) is 0 Å². The van der Waals surface area contributed by atoms with Crippen LogP contribution in [0.1, 0.15) is 68.0 Å². The second-order valence-electron chi connectivity index (χ2n) is 6.58. The van der Waals surface area contributed by atoms with Gasteiger partial charge in [0.15, 0.2) is 0 Å². The number of nitrogens with zero attached hydrogens (tertiary/aromatic N) is 1. The average molecular weight is 331 g/mol. The van der Waals surface area contributed by atoms with Crippen LogP contribution in [-0.4, -0.2) is 15.7 Å². The van der Waals surface area contributed by atoms with Crippen LogP contribution in [0.5, 0.6) is 0 Å². The molecule has 1 saturated carbocycles. The summed E-state index contributed by atoms with van der Waals surface area (Å²) in [5, 5.41) is 10.0. The molecule has 1 amide bonds. The third kappa shape index (κ3) is 2.65. The van der Waals surface area contributed by atoms with Crippen LogP contribution in [0, 0.1) is 0 Å². The predicted molar refractivity (Wildman–Crippen MR) is 91.2 cm³/mol. The maximum absolute atomic E-state index is 12.6. The first-order chi connectivity index (χ1) is 11.2. The number of anilines is 1. The van der Waals surface area contributed by atoms with Crippen molar-refractivity contribution >= 4 is 23.1 Å². The number of amides is 1. The fourth-order valence-electron chi connectivity index (χ4n) is 3.93. The molecule has 0 aromatic carbocycles. The Labute approximate surface area is 138 Å². The molecule has 0 radical (unpaired) electrons. The molecule has 0 bridgehead atoms. The molecule has 0 unspecified atom stereocenters. The van der Waals surface area contributed by atoms with Gasteiger partial charge in [-0.1, -0.05) is 25.7 Å². The van der Waals surface area contributed by atoms with Gasteiger partial charge in [-0.2, -0.15) is 11.3 Å². The van der Waals surface area contributed by atoms with Gasteiger partial charge in [0.25, 0.3) is 5.56 Å². The number of hydrogen-bond acceptors (Lipinski definition) is 3. The molecule has 1 aliphatic heterocycles. The summed E-state index contributed by atoms with van der Waals surface area (Å²) in [5.41, 5.74) is 1.74. The number of carbonyl (C=O) groups excluding carboxylic acids is 1. The standard InChI is InChI=1S/C17H21N3O2S/c21-14-9-13(11-7-8-23-10-11)15-16(18-14)20(19-17(15)22)12-5-3-1-2-4-6-12/h7-8,10,12-13H,1-6,9H2,(H,18,21)(H,19,22)/t13-/m1/s1. The first-order valence-electron chi connectivity index (χ1n) is 8.40. The molecule has 2 aliphatic rings. The molecule has 1 atom stereocenters. The Morgan fingerprint density at radius 3 is 2.61 bits per heavy atom. The van der Waals surface area contributed by atoms with E-state index in [2.05, 4.69) is 10.4 Å². The molecule has 6 heteroatoms. The molecule has 122 valence electrons. The molecule has 5 nitrogen and oxygen atoms in total.